The maximum atomic E-state index is 8.40. The van der Waals surface area contributed by atoms with Crippen LogP contribution in [-0.4, -0.2) is 37.6 Å². The van der Waals surface area contributed by atoms with Gasteiger partial charge in [0.1, 0.15) is 0 Å². The third-order valence-corrected chi connectivity index (χ3v) is 0. The first-order valence-corrected chi connectivity index (χ1v) is 1.22. The average molecular weight is 123 g/mol. The van der Waals surface area contributed by atoms with Gasteiger partial charge in [0.05, 0.1) is 0 Å². The molecule has 0 saturated carbocycles. The van der Waals surface area contributed by atoms with Gasteiger partial charge in [-0.15, -0.1) is 0 Å². The van der Waals surface area contributed by atoms with E-state index in [4.69, 9.17) is 8.92 Å². The molecule has 0 aliphatic heterocycles. The van der Waals surface area contributed by atoms with Gasteiger partial charge in [0.15, 0.2) is 0 Å². The van der Waals surface area contributed by atoms with Gasteiger partial charge in [-0.3, -0.25) is 8.92 Å². The lowest BCUT2D eigenvalue weighted by atomic mass is 15.9. The van der Waals surface area contributed by atoms with Gasteiger partial charge in [-0.1, -0.05) is 0 Å². The molecule has 3 radical (unpaired) electrons. The second-order valence-corrected chi connectivity index (χ2v) is 0.250. The summed E-state index contributed by atoms with van der Waals surface area (Å²) in [7, 11) is -1.42. The third-order valence-electron chi connectivity index (χ3n) is 0. The van der Waals surface area contributed by atoms with Crippen molar-refractivity contribution in [2.24, 2.45) is 0 Å². The van der Waals surface area contributed by atoms with E-state index in [0.29, 0.717) is 0 Å². The lowest BCUT2D eigenvalue weighted by Gasteiger charge is -0.944. The maximum Gasteiger partial charge on any atom is 0.549 e. The highest BCUT2D eigenvalue weighted by atomic mass is 28.2. The van der Waals surface area contributed by atoms with Crippen molar-refractivity contribution in [2.45, 2.75) is 0 Å². The molecule has 0 saturated heterocycles. The first-order valence-electron chi connectivity index (χ1n) is 0.408. The smallest absolute Gasteiger partial charge is 0.412 e. The van der Waals surface area contributed by atoms with E-state index in [9.17, 15) is 0 Å². The predicted molar refractivity (Wildman–Crippen MR) is 20.1 cm³/mol. The van der Waals surface area contributed by atoms with E-state index in [0.717, 1.165) is 0 Å². The van der Waals surface area contributed by atoms with E-state index in [1.54, 1.807) is 0 Å². The van der Waals surface area contributed by atoms with Crippen LogP contribution >= 0.6 is 0 Å². The predicted octanol–water partition coefficient (Wildman–Crippen LogP) is -2.65. The molecular formula is H4AlO4Si. The minimum atomic E-state index is -1.42. The monoisotopic (exact) mass is 123 g/mol. The molecule has 0 aromatic rings. The molecule has 6 heteroatoms. The second kappa shape index (κ2) is 59.6. The Morgan fingerprint density at radius 2 is 1.00 bits per heavy atom. The minimum absolute atomic E-state index is 0. The van der Waals surface area contributed by atoms with Crippen molar-refractivity contribution in [3.63, 3.8) is 0 Å². The van der Waals surface area contributed by atoms with Gasteiger partial charge in [0.2, 0.25) is 0 Å². The van der Waals surface area contributed by atoms with Crippen molar-refractivity contribution in [1.82, 2.24) is 0 Å². The van der Waals surface area contributed by atoms with Crippen LogP contribution in [0.15, 0.2) is 0 Å². The Balaban J connectivity index is -0.00000000667. The molecule has 0 heterocycles. The fourth-order valence-electron chi connectivity index (χ4n) is 0. The molecule has 6 heavy (non-hydrogen) atoms. The first-order chi connectivity index (χ1) is 1.41. The zero-order valence-electron chi connectivity index (χ0n) is 2.89. The number of rotatable bonds is 0. The highest BCUT2D eigenvalue weighted by Crippen LogP contribution is 0.759. The van der Waals surface area contributed by atoms with Crippen molar-refractivity contribution in [2.75, 3.05) is 0 Å². The molecule has 35 valence electrons. The van der Waals surface area contributed by atoms with Gasteiger partial charge in [-0.25, -0.2) is 0 Å². The van der Waals surface area contributed by atoms with Crippen LogP contribution in [0.2, 0.25) is 0 Å². The SMILES string of the molecule is O.O.O=[Si]=O.[Al]. The van der Waals surface area contributed by atoms with E-state index in [-0.39, 0.29) is 28.3 Å². The Morgan fingerprint density at radius 3 is 1.00 bits per heavy atom. The first kappa shape index (κ1) is 33.8. The molecule has 0 aromatic carbocycles. The fourth-order valence-corrected chi connectivity index (χ4v) is 0. The van der Waals surface area contributed by atoms with E-state index >= 15 is 0 Å². The lowest BCUT2D eigenvalue weighted by molar-refractivity contribution is 0.497. The minimum Gasteiger partial charge on any atom is -0.412 e. The summed E-state index contributed by atoms with van der Waals surface area (Å²) in [5.41, 5.74) is 0. The summed E-state index contributed by atoms with van der Waals surface area (Å²) in [5.74, 6) is 0. The molecule has 0 aromatic heterocycles. The van der Waals surface area contributed by atoms with Crippen molar-refractivity contribution in [3.8, 4) is 0 Å². The van der Waals surface area contributed by atoms with Gasteiger partial charge in [-0.2, -0.15) is 0 Å². The van der Waals surface area contributed by atoms with Crippen molar-refractivity contribution in [3.05, 3.63) is 0 Å². The molecule has 0 aliphatic rings. The van der Waals surface area contributed by atoms with Crippen molar-refractivity contribution < 1.29 is 19.9 Å². The molecule has 0 fully saturated rings. The van der Waals surface area contributed by atoms with Crippen LogP contribution in [0.1, 0.15) is 0 Å². The molecular weight excluding hydrogens is 119 g/mol. The van der Waals surface area contributed by atoms with E-state index in [1.807, 2.05) is 0 Å². The zero-order valence-corrected chi connectivity index (χ0v) is 5.05. The summed E-state index contributed by atoms with van der Waals surface area (Å²) in [6, 6.07) is 0. The molecule has 0 atom stereocenters. The molecule has 0 unspecified atom stereocenters. The average Bonchev–Trinajstić information content (AvgIpc) is 0.918. The van der Waals surface area contributed by atoms with Crippen LogP contribution in [0, 0.1) is 0 Å². The van der Waals surface area contributed by atoms with E-state index in [2.05, 4.69) is 0 Å². The second-order valence-electron chi connectivity index (χ2n) is 0.0833. The Labute approximate surface area is 47.2 Å². The summed E-state index contributed by atoms with van der Waals surface area (Å²) in [4.78, 5) is 0. The summed E-state index contributed by atoms with van der Waals surface area (Å²) in [5, 5.41) is 0. The van der Waals surface area contributed by atoms with E-state index < -0.39 is 9.29 Å². The Hall–Kier alpha value is 0.269. The topological polar surface area (TPSA) is 97.1 Å². The third kappa shape index (κ3) is 629. The number of hydrogen-bond acceptors (Lipinski definition) is 2. The van der Waals surface area contributed by atoms with Gasteiger partial charge in [0, 0.05) is 17.4 Å². The summed E-state index contributed by atoms with van der Waals surface area (Å²) in [6.07, 6.45) is 0. The van der Waals surface area contributed by atoms with Crippen LogP contribution in [-0.2, 0) is 8.92 Å². The van der Waals surface area contributed by atoms with Crippen molar-refractivity contribution >= 4 is 26.7 Å². The molecule has 0 aliphatic carbocycles. The summed E-state index contributed by atoms with van der Waals surface area (Å²) < 4.78 is 16.8. The Bertz CT molecular complexity index is 28.5. The summed E-state index contributed by atoms with van der Waals surface area (Å²) in [6.45, 7) is 0. The van der Waals surface area contributed by atoms with Gasteiger partial charge >= 0.3 is 9.29 Å². The fraction of sp³-hybridized carbons (Fsp3) is 0. The standard InChI is InChI=1S/Al.O2Si.2H2O/c;1-3-2;;/h;;2*1H2. The highest BCUT2D eigenvalue weighted by molar-refractivity contribution is 5.94. The molecule has 4 N–H and O–H groups in total. The molecule has 0 amide bonds. The Morgan fingerprint density at radius 1 is 1.00 bits per heavy atom. The zero-order chi connectivity index (χ0) is 2.71. The largest absolute Gasteiger partial charge is 0.549 e. The lowest BCUT2D eigenvalue weighted by Crippen LogP contribution is -1.26. The van der Waals surface area contributed by atoms with Gasteiger partial charge in [-0.05, 0) is 0 Å². The van der Waals surface area contributed by atoms with Crippen LogP contribution < -0.4 is 0 Å². The van der Waals surface area contributed by atoms with Crippen LogP contribution in [0.3, 0.4) is 0 Å². The summed E-state index contributed by atoms with van der Waals surface area (Å²) >= 11 is 0. The molecule has 0 bridgehead atoms. The maximum absolute atomic E-state index is 8.40. The molecule has 0 rings (SSSR count). The van der Waals surface area contributed by atoms with Crippen molar-refractivity contribution in [1.29, 1.82) is 0 Å². The molecule has 0 spiro atoms. The van der Waals surface area contributed by atoms with Crippen LogP contribution in [0.25, 0.3) is 0 Å². The quantitative estimate of drug-likeness (QED) is 0.329. The van der Waals surface area contributed by atoms with Gasteiger partial charge in [0.25, 0.3) is 0 Å². The van der Waals surface area contributed by atoms with Crippen LogP contribution in [0.4, 0.5) is 0 Å². The van der Waals surface area contributed by atoms with Crippen LogP contribution in [0.5, 0.6) is 0 Å². The Kier molecular flexibility index (Phi) is 336. The van der Waals surface area contributed by atoms with E-state index in [1.165, 1.54) is 0 Å². The number of hydrogen-bond donors (Lipinski definition) is 0. The highest BCUT2D eigenvalue weighted by Gasteiger charge is 1.22. The normalized spacial score (nSPS) is 1.33. The van der Waals surface area contributed by atoms with Gasteiger partial charge < -0.3 is 11.0 Å². The molecule has 4 nitrogen and oxygen atoms in total.